The molecule has 7 nitrogen and oxygen atoms in total. The van der Waals surface area contributed by atoms with Gasteiger partial charge in [-0.1, -0.05) is 13.8 Å². The molecule has 1 saturated heterocycles. The second-order valence-corrected chi connectivity index (χ2v) is 6.48. The van der Waals surface area contributed by atoms with E-state index in [0.717, 1.165) is 12.3 Å². The van der Waals surface area contributed by atoms with Gasteiger partial charge in [-0.2, -0.15) is 4.99 Å². The number of hydrogen-bond acceptors (Lipinski definition) is 5. The van der Waals surface area contributed by atoms with Gasteiger partial charge in [-0.3, -0.25) is 14.6 Å². The fourth-order valence-electron chi connectivity index (χ4n) is 2.86. The smallest absolute Gasteiger partial charge is 0.289 e. The van der Waals surface area contributed by atoms with E-state index in [1.807, 2.05) is 0 Å². The molecule has 0 aliphatic carbocycles. The van der Waals surface area contributed by atoms with E-state index in [-0.39, 0.29) is 29.1 Å². The maximum absolute atomic E-state index is 13.9. The van der Waals surface area contributed by atoms with E-state index in [4.69, 9.17) is 0 Å². The van der Waals surface area contributed by atoms with Crippen LogP contribution in [0.4, 0.5) is 8.78 Å². The Hall–Kier alpha value is -2.71. The van der Waals surface area contributed by atoms with E-state index in [9.17, 15) is 18.4 Å². The van der Waals surface area contributed by atoms with Gasteiger partial charge in [0.15, 0.2) is 0 Å². The molecule has 0 saturated carbocycles. The van der Waals surface area contributed by atoms with E-state index in [1.165, 1.54) is 6.20 Å². The summed E-state index contributed by atoms with van der Waals surface area (Å²) in [6, 6.07) is 1.15. The van der Waals surface area contributed by atoms with Crippen LogP contribution in [-0.4, -0.2) is 70.6 Å². The number of amides is 2. The Bertz CT molecular complexity index is 785. The molecule has 2 aliphatic rings. The highest BCUT2D eigenvalue weighted by Crippen LogP contribution is 2.16. The summed E-state index contributed by atoms with van der Waals surface area (Å²) >= 11 is 0. The van der Waals surface area contributed by atoms with Crippen molar-refractivity contribution in [2.45, 2.75) is 20.0 Å². The number of pyridine rings is 1. The minimum atomic E-state index is -1.79. The lowest BCUT2D eigenvalue weighted by Crippen LogP contribution is -2.51. The fourth-order valence-corrected chi connectivity index (χ4v) is 2.86. The number of aromatic nitrogens is 1. The van der Waals surface area contributed by atoms with Crippen molar-refractivity contribution >= 4 is 23.5 Å². The van der Waals surface area contributed by atoms with E-state index in [2.05, 4.69) is 15.0 Å². The molecular formula is C17H19F2N5O2. The third-order valence-electron chi connectivity index (χ3n) is 4.31. The molecule has 0 radical (unpaired) electrons. The molecule has 0 bridgehead atoms. The van der Waals surface area contributed by atoms with Gasteiger partial charge in [0.25, 0.3) is 11.8 Å². The van der Waals surface area contributed by atoms with Gasteiger partial charge >= 0.3 is 0 Å². The zero-order chi connectivity index (χ0) is 18.8. The van der Waals surface area contributed by atoms with E-state index >= 15 is 0 Å². The van der Waals surface area contributed by atoms with Gasteiger partial charge in [0, 0.05) is 32.4 Å². The number of guanidine groups is 1. The van der Waals surface area contributed by atoms with Crippen LogP contribution in [-0.2, 0) is 4.79 Å². The Kier molecular flexibility index (Phi) is 5.06. The van der Waals surface area contributed by atoms with Gasteiger partial charge in [0.2, 0.25) is 12.1 Å². The van der Waals surface area contributed by atoms with Gasteiger partial charge in [0.05, 0.1) is 17.5 Å². The van der Waals surface area contributed by atoms with Gasteiger partial charge in [-0.15, -0.1) is 0 Å². The zero-order valence-corrected chi connectivity index (χ0v) is 14.5. The first kappa shape index (κ1) is 18.1. The van der Waals surface area contributed by atoms with Crippen LogP contribution in [0.2, 0.25) is 0 Å². The molecule has 3 rings (SSSR count). The average Bonchev–Trinajstić information content (AvgIpc) is 2.63. The Morgan fingerprint density at radius 1 is 1.19 bits per heavy atom. The predicted molar refractivity (Wildman–Crippen MR) is 91.3 cm³/mol. The van der Waals surface area contributed by atoms with Crippen LogP contribution < -0.4 is 0 Å². The number of hydrogen-bond donors (Lipinski definition) is 0. The Morgan fingerprint density at radius 2 is 1.88 bits per heavy atom. The van der Waals surface area contributed by atoms with Crippen LogP contribution in [0.5, 0.6) is 0 Å². The van der Waals surface area contributed by atoms with E-state index in [0.29, 0.717) is 26.2 Å². The number of aliphatic imine (C=N–C) groups is 2. The molecule has 0 N–H and O–H groups in total. The minimum absolute atomic E-state index is 0.171. The third kappa shape index (κ3) is 3.61. The Labute approximate surface area is 149 Å². The van der Waals surface area contributed by atoms with Gasteiger partial charge in [-0.05, 0) is 12.0 Å². The molecule has 1 aromatic heterocycles. The molecular weight excluding hydrogens is 344 g/mol. The van der Waals surface area contributed by atoms with Gasteiger partial charge < -0.3 is 9.80 Å². The molecule has 0 spiro atoms. The third-order valence-corrected chi connectivity index (χ3v) is 4.31. The van der Waals surface area contributed by atoms with Crippen LogP contribution in [0, 0.1) is 11.7 Å². The van der Waals surface area contributed by atoms with Crippen molar-refractivity contribution in [2.75, 3.05) is 26.2 Å². The molecule has 9 heteroatoms. The summed E-state index contributed by atoms with van der Waals surface area (Å²) in [7, 11) is 0. The normalized spacial score (nSPS) is 21.0. The Balaban J connectivity index is 1.68. The highest BCUT2D eigenvalue weighted by atomic mass is 19.1. The first-order chi connectivity index (χ1) is 12.4. The lowest BCUT2D eigenvalue weighted by Gasteiger charge is -2.36. The Morgan fingerprint density at radius 3 is 2.50 bits per heavy atom. The molecule has 1 atom stereocenters. The zero-order valence-electron chi connectivity index (χ0n) is 14.5. The summed E-state index contributed by atoms with van der Waals surface area (Å²) in [5, 5.41) is 0. The standard InChI is InChI=1S/C17H19F2N5O2/c1-10(2)14-13(19)15(25)22-17(21-14)24-5-3-23(4-6-24)16(26)11-7-12(18)9-20-8-11/h7-10,13H,3-6H2,1-2H3. The lowest BCUT2D eigenvalue weighted by atomic mass is 10.0. The van der Waals surface area contributed by atoms with Crippen LogP contribution in [0.1, 0.15) is 24.2 Å². The summed E-state index contributed by atoms with van der Waals surface area (Å²) in [5.74, 6) is -1.74. The number of alkyl halides is 1. The van der Waals surface area contributed by atoms with Crippen molar-refractivity contribution in [3.63, 3.8) is 0 Å². The minimum Gasteiger partial charge on any atom is -0.337 e. The van der Waals surface area contributed by atoms with E-state index in [1.54, 1.807) is 23.6 Å². The molecule has 0 aromatic carbocycles. The number of carbonyl (C=O) groups excluding carboxylic acids is 2. The van der Waals surface area contributed by atoms with Crippen molar-refractivity contribution in [1.82, 2.24) is 14.8 Å². The lowest BCUT2D eigenvalue weighted by molar-refractivity contribution is -0.120. The first-order valence-corrected chi connectivity index (χ1v) is 8.36. The van der Waals surface area contributed by atoms with Crippen LogP contribution >= 0.6 is 0 Å². The summed E-state index contributed by atoms with van der Waals surface area (Å²) in [4.78, 5) is 39.1. The molecule has 2 aliphatic heterocycles. The summed E-state index contributed by atoms with van der Waals surface area (Å²) in [6.07, 6.45) is 0.569. The molecule has 1 fully saturated rings. The van der Waals surface area contributed by atoms with Crippen molar-refractivity contribution in [3.05, 3.63) is 29.8 Å². The fraction of sp³-hybridized carbons (Fsp3) is 0.471. The highest BCUT2D eigenvalue weighted by Gasteiger charge is 2.33. The summed E-state index contributed by atoms with van der Waals surface area (Å²) in [6.45, 7) is 5.04. The summed E-state index contributed by atoms with van der Waals surface area (Å²) < 4.78 is 27.2. The molecule has 1 unspecified atom stereocenters. The van der Waals surface area contributed by atoms with Crippen LogP contribution in [0.3, 0.4) is 0 Å². The second kappa shape index (κ2) is 7.27. The van der Waals surface area contributed by atoms with Crippen LogP contribution in [0.25, 0.3) is 0 Å². The summed E-state index contributed by atoms with van der Waals surface area (Å²) in [5.41, 5.74) is 0.355. The maximum Gasteiger partial charge on any atom is 0.289 e. The molecule has 3 heterocycles. The monoisotopic (exact) mass is 363 g/mol. The van der Waals surface area contributed by atoms with Gasteiger partial charge in [0.1, 0.15) is 5.82 Å². The van der Waals surface area contributed by atoms with Crippen molar-refractivity contribution in [3.8, 4) is 0 Å². The number of rotatable bonds is 2. The largest absolute Gasteiger partial charge is 0.337 e. The highest BCUT2D eigenvalue weighted by molar-refractivity contribution is 6.18. The maximum atomic E-state index is 13.9. The SMILES string of the molecule is CC(C)C1=NC(N2CCN(C(=O)c3cncc(F)c3)CC2)=NC(=O)C1F. The van der Waals surface area contributed by atoms with E-state index < -0.39 is 17.9 Å². The average molecular weight is 363 g/mol. The molecule has 1 aromatic rings. The molecule has 26 heavy (non-hydrogen) atoms. The van der Waals surface area contributed by atoms with Crippen molar-refractivity contribution in [1.29, 1.82) is 0 Å². The van der Waals surface area contributed by atoms with Crippen molar-refractivity contribution in [2.24, 2.45) is 15.9 Å². The van der Waals surface area contributed by atoms with Crippen LogP contribution in [0.15, 0.2) is 28.4 Å². The quantitative estimate of drug-likeness (QED) is 0.794. The predicted octanol–water partition coefficient (Wildman–Crippen LogP) is 1.31. The van der Waals surface area contributed by atoms with Gasteiger partial charge in [-0.25, -0.2) is 13.8 Å². The number of halogens is 2. The topological polar surface area (TPSA) is 78.2 Å². The molecule has 2 amide bonds. The number of carbonyl (C=O) groups is 2. The second-order valence-electron chi connectivity index (χ2n) is 6.48. The number of nitrogens with zero attached hydrogens (tertiary/aromatic N) is 5. The van der Waals surface area contributed by atoms with Crippen molar-refractivity contribution < 1.29 is 18.4 Å². The number of piperazine rings is 1. The first-order valence-electron chi connectivity index (χ1n) is 8.36. The molecule has 138 valence electrons.